The molecule has 1 N–H and O–H groups in total. The number of rotatable bonds is 4. The van der Waals surface area contributed by atoms with Gasteiger partial charge < -0.3 is 10.2 Å². The lowest BCUT2D eigenvalue weighted by Crippen LogP contribution is -2.35. The normalized spacial score (nSPS) is 16.5. The fourth-order valence-corrected chi connectivity index (χ4v) is 5.55. The van der Waals surface area contributed by atoms with Crippen molar-refractivity contribution in [1.29, 1.82) is 0 Å². The van der Waals surface area contributed by atoms with Crippen LogP contribution in [0.25, 0.3) is 5.82 Å². The Morgan fingerprint density at radius 2 is 2.10 bits per heavy atom. The van der Waals surface area contributed by atoms with Crippen LogP contribution in [0.4, 0.5) is 5.69 Å². The van der Waals surface area contributed by atoms with Gasteiger partial charge in [0.25, 0.3) is 15.9 Å². The molecule has 0 spiro atoms. The van der Waals surface area contributed by atoms with Gasteiger partial charge in [-0.05, 0) is 53.7 Å². The summed E-state index contributed by atoms with van der Waals surface area (Å²) in [5.74, 6) is 0.453. The zero-order valence-electron chi connectivity index (χ0n) is 15.6. The molecule has 0 saturated heterocycles. The Morgan fingerprint density at radius 3 is 2.93 bits per heavy atom. The van der Waals surface area contributed by atoms with E-state index in [0.717, 1.165) is 16.1 Å². The first kappa shape index (κ1) is 18.8. The van der Waals surface area contributed by atoms with Crippen LogP contribution in [0.1, 0.15) is 15.9 Å². The summed E-state index contributed by atoms with van der Waals surface area (Å²) >= 11 is 1.27. The van der Waals surface area contributed by atoms with Gasteiger partial charge in [0.2, 0.25) is 0 Å². The van der Waals surface area contributed by atoms with Gasteiger partial charge in [-0.3, -0.25) is 4.79 Å². The Balaban J connectivity index is 1.30. The van der Waals surface area contributed by atoms with E-state index < -0.39 is 10.0 Å². The van der Waals surface area contributed by atoms with Crippen LogP contribution in [-0.4, -0.2) is 46.6 Å². The van der Waals surface area contributed by atoms with Crippen molar-refractivity contribution >= 4 is 38.5 Å². The van der Waals surface area contributed by atoms with Crippen molar-refractivity contribution in [3.8, 4) is 5.82 Å². The lowest BCUT2D eigenvalue weighted by atomic mass is 10.1. The van der Waals surface area contributed by atoms with Gasteiger partial charge in [0, 0.05) is 42.1 Å². The maximum absolute atomic E-state index is 12.7. The monoisotopic (exact) mass is 440 g/mol. The van der Waals surface area contributed by atoms with E-state index in [1.807, 2.05) is 29.2 Å². The number of benzene rings is 1. The van der Waals surface area contributed by atoms with E-state index in [1.165, 1.54) is 11.8 Å². The molecule has 2 aromatic heterocycles. The highest BCUT2D eigenvalue weighted by Crippen LogP contribution is 2.42. The number of carbonyl (C=O) groups is 1. The molecule has 11 heteroatoms. The summed E-state index contributed by atoms with van der Waals surface area (Å²) in [5.41, 5.74) is 2.28. The van der Waals surface area contributed by atoms with Gasteiger partial charge in [-0.2, -0.15) is 5.10 Å². The van der Waals surface area contributed by atoms with Crippen molar-refractivity contribution in [2.45, 2.75) is 11.4 Å². The maximum atomic E-state index is 12.7. The highest BCUT2D eigenvalue weighted by Gasteiger charge is 2.33. The summed E-state index contributed by atoms with van der Waals surface area (Å²) in [4.78, 5) is 19.6. The van der Waals surface area contributed by atoms with Crippen molar-refractivity contribution in [2.24, 2.45) is 4.40 Å². The van der Waals surface area contributed by atoms with E-state index in [9.17, 15) is 13.2 Å². The van der Waals surface area contributed by atoms with E-state index in [0.29, 0.717) is 29.6 Å². The average Bonchev–Trinajstić information content (AvgIpc) is 3.38. The van der Waals surface area contributed by atoms with Crippen LogP contribution in [0.2, 0.25) is 0 Å². The summed E-state index contributed by atoms with van der Waals surface area (Å²) in [6, 6.07) is 10.9. The molecule has 2 aliphatic heterocycles. The van der Waals surface area contributed by atoms with Gasteiger partial charge >= 0.3 is 0 Å². The number of nitrogens with zero attached hydrogens (tertiary/aromatic N) is 5. The minimum atomic E-state index is -3.41. The summed E-state index contributed by atoms with van der Waals surface area (Å²) in [6.45, 7) is 0.713. The molecule has 4 heterocycles. The molecule has 5 rings (SSSR count). The predicted octanol–water partition coefficient (Wildman–Crippen LogP) is 1.81. The zero-order valence-corrected chi connectivity index (χ0v) is 17.2. The molecule has 0 unspecified atom stereocenters. The van der Waals surface area contributed by atoms with Crippen molar-refractivity contribution in [3.05, 3.63) is 66.1 Å². The number of aromatic nitrogens is 3. The Bertz CT molecular complexity index is 1270. The van der Waals surface area contributed by atoms with Crippen LogP contribution < -0.4 is 10.2 Å². The number of hydrogen-bond acceptors (Lipinski definition) is 7. The molecule has 0 bridgehead atoms. The van der Waals surface area contributed by atoms with E-state index in [2.05, 4.69) is 19.8 Å². The molecule has 9 nitrogen and oxygen atoms in total. The molecule has 2 aliphatic rings. The van der Waals surface area contributed by atoms with Crippen molar-refractivity contribution in [3.63, 3.8) is 0 Å². The molecule has 0 atom stereocenters. The van der Waals surface area contributed by atoms with Crippen molar-refractivity contribution < 1.29 is 13.2 Å². The molecule has 0 fully saturated rings. The first-order chi connectivity index (χ1) is 14.5. The Hall–Kier alpha value is -3.18. The third kappa shape index (κ3) is 3.57. The van der Waals surface area contributed by atoms with E-state index >= 15 is 0 Å². The number of sulfonamides is 1. The number of amides is 1. The average molecular weight is 441 g/mol. The summed E-state index contributed by atoms with van der Waals surface area (Å²) in [6.07, 6.45) is 5.15. The van der Waals surface area contributed by atoms with E-state index in [1.54, 1.807) is 35.4 Å². The van der Waals surface area contributed by atoms with Crippen LogP contribution in [0.15, 0.2) is 64.3 Å². The minimum absolute atomic E-state index is 0.00874. The van der Waals surface area contributed by atoms with E-state index in [-0.39, 0.29) is 11.7 Å². The standard InChI is InChI=1S/C19H16N6O3S2/c26-18(21-12-13-4-6-20-17(10-13)25-7-1-5-22-25)14-2-3-15-16(11-14)29-19-23-30(27,28)9-8-24(15)19/h1-7,10-11H,8-9,12H2,(H,21,26). The third-order valence-electron chi connectivity index (χ3n) is 4.74. The van der Waals surface area contributed by atoms with E-state index in [4.69, 9.17) is 0 Å². The molecular weight excluding hydrogens is 424 g/mol. The highest BCUT2D eigenvalue weighted by atomic mass is 32.2. The number of pyridine rings is 1. The van der Waals surface area contributed by atoms with Gasteiger partial charge in [-0.15, -0.1) is 4.40 Å². The second kappa shape index (κ2) is 7.26. The number of anilines is 1. The first-order valence-electron chi connectivity index (χ1n) is 9.14. The van der Waals surface area contributed by atoms with Crippen molar-refractivity contribution in [2.75, 3.05) is 17.2 Å². The fourth-order valence-electron chi connectivity index (χ4n) is 3.26. The van der Waals surface area contributed by atoms with Gasteiger partial charge in [0.05, 0.1) is 11.4 Å². The number of amidine groups is 1. The Morgan fingerprint density at radius 1 is 1.20 bits per heavy atom. The topological polar surface area (TPSA) is 110 Å². The Labute approximate surface area is 176 Å². The second-order valence-corrected chi connectivity index (χ2v) is 9.52. The minimum Gasteiger partial charge on any atom is -0.348 e. The van der Waals surface area contributed by atoms with Crippen LogP contribution in [0, 0.1) is 0 Å². The molecule has 1 amide bonds. The largest absolute Gasteiger partial charge is 0.348 e. The predicted molar refractivity (Wildman–Crippen MR) is 113 cm³/mol. The number of hydrogen-bond donors (Lipinski definition) is 1. The van der Waals surface area contributed by atoms with Gasteiger partial charge in [0.15, 0.2) is 11.0 Å². The van der Waals surface area contributed by atoms with Gasteiger partial charge in [-0.25, -0.2) is 18.1 Å². The molecule has 1 aromatic carbocycles. The molecule has 0 saturated carbocycles. The number of fused-ring (bicyclic) bond motifs is 3. The van der Waals surface area contributed by atoms with Crippen LogP contribution >= 0.6 is 11.8 Å². The highest BCUT2D eigenvalue weighted by molar-refractivity contribution is 8.15. The maximum Gasteiger partial charge on any atom is 0.257 e. The first-order valence-corrected chi connectivity index (χ1v) is 11.6. The second-order valence-electron chi connectivity index (χ2n) is 6.75. The van der Waals surface area contributed by atoms with Gasteiger partial charge in [0.1, 0.15) is 0 Å². The number of carbonyl (C=O) groups excluding carboxylic acids is 1. The quantitative estimate of drug-likeness (QED) is 0.659. The molecule has 0 aliphatic carbocycles. The Kier molecular flexibility index (Phi) is 4.55. The lowest BCUT2D eigenvalue weighted by Gasteiger charge is -2.22. The van der Waals surface area contributed by atoms with Crippen LogP contribution in [0.5, 0.6) is 0 Å². The zero-order chi connectivity index (χ0) is 20.7. The third-order valence-corrected chi connectivity index (χ3v) is 7.04. The molecule has 152 valence electrons. The molecule has 0 radical (unpaired) electrons. The molecule has 30 heavy (non-hydrogen) atoms. The van der Waals surface area contributed by atoms with Crippen molar-refractivity contribution in [1.82, 2.24) is 20.1 Å². The summed E-state index contributed by atoms with van der Waals surface area (Å²) in [7, 11) is -3.41. The van der Waals surface area contributed by atoms with Gasteiger partial charge in [-0.1, -0.05) is 0 Å². The fraction of sp³-hybridized carbons (Fsp3) is 0.158. The van der Waals surface area contributed by atoms with Crippen LogP contribution in [0.3, 0.4) is 0 Å². The number of thioether (sulfide) groups is 1. The summed E-state index contributed by atoms with van der Waals surface area (Å²) in [5, 5.41) is 7.51. The molecule has 3 aromatic rings. The summed E-state index contributed by atoms with van der Waals surface area (Å²) < 4.78 is 29.0. The smallest absolute Gasteiger partial charge is 0.257 e. The lowest BCUT2D eigenvalue weighted by molar-refractivity contribution is 0.0950. The number of nitrogens with one attached hydrogen (secondary N) is 1. The van der Waals surface area contributed by atoms with Crippen LogP contribution in [-0.2, 0) is 16.6 Å². The molecular formula is C19H16N6O3S2. The SMILES string of the molecule is O=C(NCc1ccnc(-n2cccn2)c1)c1ccc2c(c1)SC1=NS(=O)(=O)CCN12.